The molecule has 0 aliphatic carbocycles. The van der Waals surface area contributed by atoms with Crippen LogP contribution in [0.5, 0.6) is 0 Å². The minimum Gasteiger partial charge on any atom is -0.466 e. The molecule has 0 rings (SSSR count). The predicted molar refractivity (Wildman–Crippen MR) is 167 cm³/mol. The molecule has 2 atom stereocenters. The Bertz CT molecular complexity index is 557. The second-order valence-electron chi connectivity index (χ2n) is 12.8. The molecule has 0 spiro atoms. The van der Waals surface area contributed by atoms with Crippen molar-refractivity contribution in [3.05, 3.63) is 0 Å². The van der Waals surface area contributed by atoms with Gasteiger partial charge in [-0.15, -0.1) is 0 Å². The van der Waals surface area contributed by atoms with Gasteiger partial charge in [-0.1, -0.05) is 125 Å². The maximum Gasteiger partial charge on any atom is 0.309 e. The summed E-state index contributed by atoms with van der Waals surface area (Å²) in [5.74, 6) is 2.03. The number of carbonyl (C=O) groups is 2. The van der Waals surface area contributed by atoms with Crippen molar-refractivity contribution < 1.29 is 19.1 Å². The van der Waals surface area contributed by atoms with Crippen molar-refractivity contribution in [1.29, 1.82) is 0 Å². The second kappa shape index (κ2) is 27.1. The molecule has 4 heteroatoms. The monoisotopic (exact) mass is 553 g/mol. The van der Waals surface area contributed by atoms with Crippen molar-refractivity contribution >= 4 is 11.9 Å². The summed E-state index contributed by atoms with van der Waals surface area (Å²) in [6.07, 6.45) is 24.2. The van der Waals surface area contributed by atoms with Gasteiger partial charge in [-0.25, -0.2) is 0 Å². The third-order valence-corrected chi connectivity index (χ3v) is 8.15. The predicted octanol–water partition coefficient (Wildman–Crippen LogP) is 10.8. The maximum atomic E-state index is 12.7. The molecule has 0 saturated carbocycles. The lowest BCUT2D eigenvalue weighted by Crippen LogP contribution is -2.25. The van der Waals surface area contributed by atoms with Crippen molar-refractivity contribution in [2.75, 3.05) is 13.2 Å². The molecule has 0 aliphatic heterocycles. The summed E-state index contributed by atoms with van der Waals surface area (Å²) in [5.41, 5.74) is 0. The summed E-state index contributed by atoms with van der Waals surface area (Å²) in [7, 11) is 0. The van der Waals surface area contributed by atoms with Crippen LogP contribution in [0.2, 0.25) is 0 Å². The van der Waals surface area contributed by atoms with Gasteiger partial charge < -0.3 is 9.47 Å². The molecule has 2 unspecified atom stereocenters. The lowest BCUT2D eigenvalue weighted by molar-refractivity contribution is -0.151. The minimum atomic E-state index is -0.0116. The van der Waals surface area contributed by atoms with Crippen LogP contribution in [0.15, 0.2) is 0 Å². The molecule has 232 valence electrons. The number of carbonyl (C=O) groups excluding carboxylic acids is 2. The summed E-state index contributed by atoms with van der Waals surface area (Å²) in [5, 5.41) is 0. The Hall–Kier alpha value is -1.06. The van der Waals surface area contributed by atoms with E-state index in [1.165, 1.54) is 70.6 Å². The first kappa shape index (κ1) is 37.9. The summed E-state index contributed by atoms with van der Waals surface area (Å²) >= 11 is 0. The fraction of sp³-hybridized carbons (Fsp3) is 0.943. The highest BCUT2D eigenvalue weighted by Crippen LogP contribution is 2.27. The van der Waals surface area contributed by atoms with E-state index >= 15 is 0 Å². The SMILES string of the molecule is CCC(CCCCCCCCCCCCCC(=O)OCCCCC(C)C)C(CC)C(=O)OCCCCC(C)C. The van der Waals surface area contributed by atoms with Crippen LogP contribution in [0.25, 0.3) is 0 Å². The fourth-order valence-corrected chi connectivity index (χ4v) is 5.50. The van der Waals surface area contributed by atoms with Crippen LogP contribution < -0.4 is 0 Å². The highest BCUT2D eigenvalue weighted by Gasteiger charge is 2.26. The van der Waals surface area contributed by atoms with Crippen LogP contribution >= 0.6 is 0 Å². The van der Waals surface area contributed by atoms with E-state index in [9.17, 15) is 9.59 Å². The Morgan fingerprint density at radius 1 is 0.513 bits per heavy atom. The van der Waals surface area contributed by atoms with Crippen molar-refractivity contribution in [2.45, 2.75) is 176 Å². The van der Waals surface area contributed by atoms with Crippen molar-refractivity contribution in [2.24, 2.45) is 23.7 Å². The smallest absolute Gasteiger partial charge is 0.309 e. The third-order valence-electron chi connectivity index (χ3n) is 8.15. The summed E-state index contributed by atoms with van der Waals surface area (Å²) in [6.45, 7) is 14.5. The van der Waals surface area contributed by atoms with Crippen LogP contribution in [0.4, 0.5) is 0 Å². The average molecular weight is 553 g/mol. The first-order valence-corrected chi connectivity index (χ1v) is 17.1. The van der Waals surface area contributed by atoms with Gasteiger partial charge in [0.15, 0.2) is 0 Å². The van der Waals surface area contributed by atoms with Gasteiger partial charge in [-0.05, 0) is 62.7 Å². The lowest BCUT2D eigenvalue weighted by Gasteiger charge is -2.24. The molecule has 0 heterocycles. The fourth-order valence-electron chi connectivity index (χ4n) is 5.50. The number of esters is 2. The van der Waals surface area contributed by atoms with E-state index < -0.39 is 0 Å². The van der Waals surface area contributed by atoms with Gasteiger partial charge >= 0.3 is 11.9 Å². The van der Waals surface area contributed by atoms with Crippen LogP contribution in [-0.2, 0) is 19.1 Å². The van der Waals surface area contributed by atoms with Crippen LogP contribution in [0, 0.1) is 23.7 Å². The zero-order valence-electron chi connectivity index (χ0n) is 27.2. The molecular formula is C35H68O4. The Morgan fingerprint density at radius 3 is 1.41 bits per heavy atom. The van der Waals surface area contributed by atoms with Gasteiger partial charge in [-0.3, -0.25) is 9.59 Å². The first-order chi connectivity index (χ1) is 18.8. The topological polar surface area (TPSA) is 52.6 Å². The average Bonchev–Trinajstić information content (AvgIpc) is 2.89. The maximum absolute atomic E-state index is 12.7. The molecule has 0 aromatic carbocycles. The highest BCUT2D eigenvalue weighted by atomic mass is 16.5. The van der Waals surface area contributed by atoms with Crippen LogP contribution in [0.3, 0.4) is 0 Å². The zero-order valence-corrected chi connectivity index (χ0v) is 27.2. The number of hydrogen-bond acceptors (Lipinski definition) is 4. The summed E-state index contributed by atoms with van der Waals surface area (Å²) in [6, 6.07) is 0. The molecule has 0 amide bonds. The molecule has 0 N–H and O–H groups in total. The minimum absolute atomic E-state index is 0.0116. The van der Waals surface area contributed by atoms with Gasteiger partial charge in [0.2, 0.25) is 0 Å². The standard InChI is InChI=1S/C35H68O4/c1-7-32(33(8-2)35(37)39-29-23-21-25-31(5)6)26-18-16-14-12-10-9-11-13-15-17-19-27-34(36)38-28-22-20-24-30(3)4/h30-33H,7-29H2,1-6H3. The highest BCUT2D eigenvalue weighted by molar-refractivity contribution is 5.72. The molecule has 0 aromatic rings. The van der Waals surface area contributed by atoms with Crippen molar-refractivity contribution in [1.82, 2.24) is 0 Å². The molecule has 39 heavy (non-hydrogen) atoms. The van der Waals surface area contributed by atoms with E-state index in [1.54, 1.807) is 0 Å². The normalized spacial score (nSPS) is 13.1. The molecular weight excluding hydrogens is 484 g/mol. The summed E-state index contributed by atoms with van der Waals surface area (Å²) < 4.78 is 11.0. The van der Waals surface area contributed by atoms with Crippen molar-refractivity contribution in [3.63, 3.8) is 0 Å². The summed E-state index contributed by atoms with van der Waals surface area (Å²) in [4.78, 5) is 24.4. The number of ether oxygens (including phenoxy) is 2. The largest absolute Gasteiger partial charge is 0.466 e. The van der Waals surface area contributed by atoms with E-state index in [4.69, 9.17) is 9.47 Å². The van der Waals surface area contributed by atoms with Gasteiger partial charge in [0.1, 0.15) is 0 Å². The van der Waals surface area contributed by atoms with Gasteiger partial charge in [0.25, 0.3) is 0 Å². The number of hydrogen-bond donors (Lipinski definition) is 0. The van der Waals surface area contributed by atoms with E-state index in [0.717, 1.165) is 69.6 Å². The van der Waals surface area contributed by atoms with Crippen molar-refractivity contribution in [3.8, 4) is 0 Å². The van der Waals surface area contributed by atoms with E-state index in [-0.39, 0.29) is 17.9 Å². The van der Waals surface area contributed by atoms with Crippen LogP contribution in [0.1, 0.15) is 176 Å². The Morgan fingerprint density at radius 2 is 0.949 bits per heavy atom. The molecule has 0 bridgehead atoms. The Labute approximate surface area is 244 Å². The van der Waals surface area contributed by atoms with E-state index in [1.807, 2.05) is 0 Å². The number of rotatable bonds is 28. The van der Waals surface area contributed by atoms with Crippen LogP contribution in [-0.4, -0.2) is 25.2 Å². The molecule has 0 fully saturated rings. The first-order valence-electron chi connectivity index (χ1n) is 17.1. The number of unbranched alkanes of at least 4 members (excludes halogenated alkanes) is 12. The lowest BCUT2D eigenvalue weighted by atomic mass is 9.84. The molecule has 0 aliphatic rings. The molecule has 0 radical (unpaired) electrons. The van der Waals surface area contributed by atoms with Gasteiger partial charge in [-0.2, -0.15) is 0 Å². The molecule has 0 aromatic heterocycles. The quantitative estimate of drug-likeness (QED) is 0.0715. The molecule has 0 saturated heterocycles. The Balaban J connectivity index is 3.65. The molecule has 4 nitrogen and oxygen atoms in total. The Kier molecular flexibility index (Phi) is 26.4. The van der Waals surface area contributed by atoms with E-state index in [0.29, 0.717) is 25.6 Å². The third kappa shape index (κ3) is 24.5. The second-order valence-corrected chi connectivity index (χ2v) is 12.8. The van der Waals surface area contributed by atoms with E-state index in [2.05, 4.69) is 41.5 Å². The van der Waals surface area contributed by atoms with Gasteiger partial charge in [0, 0.05) is 6.42 Å². The van der Waals surface area contributed by atoms with Gasteiger partial charge in [0.05, 0.1) is 19.1 Å². The zero-order chi connectivity index (χ0) is 29.1.